The van der Waals surface area contributed by atoms with Crippen LogP contribution >= 0.6 is 18.6 Å². The van der Waals surface area contributed by atoms with E-state index < -0.39 is 7.26 Å². The first kappa shape index (κ1) is 22.5. The van der Waals surface area contributed by atoms with Crippen molar-refractivity contribution >= 4 is 34.5 Å². The molecule has 0 saturated carbocycles. The molecule has 1 heterocycles. The Morgan fingerprint density at radius 1 is 0.531 bits per heavy atom. The number of thiophene rings is 1. The van der Waals surface area contributed by atoms with Crippen LogP contribution in [0, 0.1) is 0 Å². The summed E-state index contributed by atoms with van der Waals surface area (Å²) in [4.78, 5) is 0. The number of hydrogen-bond donors (Lipinski definition) is 0. The Morgan fingerprint density at radius 2 is 1.06 bits per heavy atom. The molecule has 1 aromatic heterocycles. The molecule has 4 aromatic carbocycles. The topological polar surface area (TPSA) is 0 Å². The van der Waals surface area contributed by atoms with Crippen molar-refractivity contribution in [2.45, 2.75) is 6.16 Å². The van der Waals surface area contributed by atoms with E-state index in [-0.39, 0.29) is 12.4 Å². The highest BCUT2D eigenvalue weighted by Gasteiger charge is 2.45. The van der Waals surface area contributed by atoms with Crippen molar-refractivity contribution < 1.29 is 12.4 Å². The molecule has 0 saturated heterocycles. The molecule has 0 N–H and O–H groups in total. The van der Waals surface area contributed by atoms with Crippen LogP contribution < -0.4 is 28.3 Å². The third-order valence-corrected chi connectivity index (χ3v) is 10.9. The largest absolute Gasteiger partial charge is 1.00 e. The zero-order valence-corrected chi connectivity index (χ0v) is 20.1. The van der Waals surface area contributed by atoms with Gasteiger partial charge in [0.15, 0.2) is 0 Å². The first-order valence-corrected chi connectivity index (χ1v) is 13.4. The van der Waals surface area contributed by atoms with Crippen molar-refractivity contribution in [1.82, 2.24) is 0 Å². The van der Waals surface area contributed by atoms with Gasteiger partial charge in [0.2, 0.25) is 0 Å². The maximum absolute atomic E-state index is 2.38. The SMILES string of the molecule is [Cl-].c1ccc([P+](Cc2cccc(-c3ccsc3)c2)(c2ccccc2)c2ccccc2)cc1. The van der Waals surface area contributed by atoms with E-state index in [1.54, 1.807) is 11.3 Å². The summed E-state index contributed by atoms with van der Waals surface area (Å²) in [6.07, 6.45) is 1.00. The van der Waals surface area contributed by atoms with Gasteiger partial charge in [-0.05, 0) is 76.0 Å². The smallest absolute Gasteiger partial charge is 0.116 e. The van der Waals surface area contributed by atoms with Crippen LogP contribution in [0.3, 0.4) is 0 Å². The molecule has 158 valence electrons. The van der Waals surface area contributed by atoms with E-state index in [9.17, 15) is 0 Å². The fourth-order valence-corrected chi connectivity index (χ4v) is 9.22. The van der Waals surface area contributed by atoms with Crippen LogP contribution in [0.15, 0.2) is 132 Å². The second-order valence-electron chi connectivity index (χ2n) is 7.69. The number of benzene rings is 4. The lowest BCUT2D eigenvalue weighted by atomic mass is 10.1. The molecule has 3 heteroatoms. The van der Waals surface area contributed by atoms with E-state index in [1.807, 2.05) is 0 Å². The van der Waals surface area contributed by atoms with Gasteiger partial charge in [0.1, 0.15) is 23.2 Å². The Kier molecular flexibility index (Phi) is 7.22. The molecular formula is C29H24ClPS. The predicted molar refractivity (Wildman–Crippen MR) is 139 cm³/mol. The molecule has 0 fully saturated rings. The summed E-state index contributed by atoms with van der Waals surface area (Å²) >= 11 is 1.75. The number of hydrogen-bond acceptors (Lipinski definition) is 1. The molecule has 0 aliphatic rings. The van der Waals surface area contributed by atoms with Gasteiger partial charge >= 0.3 is 0 Å². The van der Waals surface area contributed by atoms with Gasteiger partial charge in [-0.15, -0.1) is 0 Å². The molecule has 0 nitrogen and oxygen atoms in total. The summed E-state index contributed by atoms with van der Waals surface area (Å²) < 4.78 is 0. The average Bonchev–Trinajstić information content (AvgIpc) is 3.40. The molecule has 0 radical (unpaired) electrons. The van der Waals surface area contributed by atoms with Gasteiger partial charge in [0.05, 0.1) is 6.16 Å². The van der Waals surface area contributed by atoms with E-state index in [2.05, 4.69) is 132 Å². The first-order chi connectivity index (χ1) is 15.4. The maximum atomic E-state index is 2.38. The number of rotatable bonds is 6. The molecule has 0 spiro atoms. The van der Waals surface area contributed by atoms with Crippen molar-refractivity contribution in [1.29, 1.82) is 0 Å². The van der Waals surface area contributed by atoms with Gasteiger partial charge in [-0.3, -0.25) is 0 Å². The summed E-state index contributed by atoms with van der Waals surface area (Å²) in [5.74, 6) is 0. The van der Waals surface area contributed by atoms with Gasteiger partial charge < -0.3 is 12.4 Å². The molecule has 32 heavy (non-hydrogen) atoms. The highest BCUT2D eigenvalue weighted by molar-refractivity contribution is 7.95. The van der Waals surface area contributed by atoms with E-state index >= 15 is 0 Å². The van der Waals surface area contributed by atoms with E-state index in [4.69, 9.17) is 0 Å². The van der Waals surface area contributed by atoms with Crippen molar-refractivity contribution in [3.63, 3.8) is 0 Å². The van der Waals surface area contributed by atoms with Crippen molar-refractivity contribution in [3.05, 3.63) is 138 Å². The zero-order valence-electron chi connectivity index (χ0n) is 17.6. The highest BCUT2D eigenvalue weighted by atomic mass is 35.5. The van der Waals surface area contributed by atoms with E-state index in [0.29, 0.717) is 0 Å². The van der Waals surface area contributed by atoms with Crippen LogP contribution in [0.25, 0.3) is 11.1 Å². The van der Waals surface area contributed by atoms with Crippen LogP contribution in [0.5, 0.6) is 0 Å². The lowest BCUT2D eigenvalue weighted by molar-refractivity contribution is -0.00000588. The second-order valence-corrected chi connectivity index (χ2v) is 12.0. The van der Waals surface area contributed by atoms with Gasteiger partial charge in [-0.25, -0.2) is 0 Å². The van der Waals surface area contributed by atoms with E-state index in [0.717, 1.165) is 6.16 Å². The summed E-state index contributed by atoms with van der Waals surface area (Å²) in [7, 11) is -1.87. The Labute approximate surface area is 201 Å². The number of halogens is 1. The third kappa shape index (κ3) is 4.43. The quantitative estimate of drug-likeness (QED) is 0.330. The molecule has 0 atom stereocenters. The normalized spacial score (nSPS) is 11.0. The Balaban J connectivity index is 0.00000245. The molecule has 0 unspecified atom stereocenters. The summed E-state index contributed by atoms with van der Waals surface area (Å²) in [5.41, 5.74) is 3.98. The monoisotopic (exact) mass is 470 g/mol. The average molecular weight is 471 g/mol. The Morgan fingerprint density at radius 3 is 1.53 bits per heavy atom. The summed E-state index contributed by atoms with van der Waals surface area (Å²) in [5, 5.41) is 8.65. The van der Waals surface area contributed by atoms with Gasteiger partial charge in [-0.1, -0.05) is 72.8 Å². The minimum atomic E-state index is -1.87. The van der Waals surface area contributed by atoms with E-state index in [1.165, 1.54) is 32.6 Å². The minimum absolute atomic E-state index is 0. The van der Waals surface area contributed by atoms with Gasteiger partial charge in [0, 0.05) is 0 Å². The Hall–Kier alpha value is -2.70. The predicted octanol–water partition coefficient (Wildman–Crippen LogP) is 3.91. The second kappa shape index (κ2) is 10.3. The Bertz CT molecular complexity index is 1140. The molecular weight excluding hydrogens is 447 g/mol. The van der Waals surface area contributed by atoms with Crippen molar-refractivity contribution in [2.24, 2.45) is 0 Å². The highest BCUT2D eigenvalue weighted by Crippen LogP contribution is 2.58. The standard InChI is InChI=1S/C29H24PS.ClH/c1-4-13-27(14-5-1)30(28-15-6-2-7-16-28,29-17-8-3-9-18-29)22-24-11-10-12-25(21-24)26-19-20-31-23-26;/h1-21,23H,22H2;1H/q+1;/p-1. The van der Waals surface area contributed by atoms with Crippen molar-refractivity contribution in [3.8, 4) is 11.1 Å². The molecule has 5 rings (SSSR count). The minimum Gasteiger partial charge on any atom is -1.00 e. The fourth-order valence-electron chi connectivity index (χ4n) is 4.32. The van der Waals surface area contributed by atoms with Crippen LogP contribution in [-0.2, 0) is 6.16 Å². The zero-order chi connectivity index (χ0) is 20.9. The summed E-state index contributed by atoms with van der Waals surface area (Å²) in [6, 6.07) is 44.6. The van der Waals surface area contributed by atoms with Gasteiger partial charge in [0.25, 0.3) is 0 Å². The van der Waals surface area contributed by atoms with Gasteiger partial charge in [-0.2, -0.15) is 11.3 Å². The van der Waals surface area contributed by atoms with Crippen LogP contribution in [0.1, 0.15) is 5.56 Å². The third-order valence-electron chi connectivity index (χ3n) is 5.79. The van der Waals surface area contributed by atoms with Crippen LogP contribution in [0.2, 0.25) is 0 Å². The molecule has 0 aliphatic carbocycles. The lowest BCUT2D eigenvalue weighted by Crippen LogP contribution is -3.00. The lowest BCUT2D eigenvalue weighted by Gasteiger charge is -2.28. The van der Waals surface area contributed by atoms with Crippen LogP contribution in [0.4, 0.5) is 0 Å². The van der Waals surface area contributed by atoms with Crippen LogP contribution in [-0.4, -0.2) is 0 Å². The molecule has 5 aromatic rings. The maximum Gasteiger partial charge on any atom is 0.116 e. The molecule has 0 aliphatic heterocycles. The fraction of sp³-hybridized carbons (Fsp3) is 0.0345. The molecule has 0 amide bonds. The first-order valence-electron chi connectivity index (χ1n) is 10.5. The molecule has 0 bridgehead atoms. The van der Waals surface area contributed by atoms with Crippen molar-refractivity contribution in [2.75, 3.05) is 0 Å². The summed E-state index contributed by atoms with van der Waals surface area (Å²) in [6.45, 7) is 0.